The van der Waals surface area contributed by atoms with E-state index in [-0.39, 0.29) is 5.56 Å². The fourth-order valence-electron chi connectivity index (χ4n) is 1.15. The molecule has 0 atom stereocenters. The van der Waals surface area contributed by atoms with Gasteiger partial charge in [-0.1, -0.05) is 0 Å². The number of nitro benzene ring substituents is 1. The van der Waals surface area contributed by atoms with Gasteiger partial charge in [-0.25, -0.2) is 0 Å². The van der Waals surface area contributed by atoms with Gasteiger partial charge in [0.25, 0.3) is 5.24 Å². The summed E-state index contributed by atoms with van der Waals surface area (Å²) in [6.45, 7) is 0. The molecule has 0 aliphatic heterocycles. The molecule has 0 aliphatic carbocycles. The zero-order chi connectivity index (χ0) is 13.9. The number of allylic oxidation sites excluding steroid dienone is 1. The zero-order valence-corrected chi connectivity index (χ0v) is 9.38. The highest BCUT2D eigenvalue weighted by atomic mass is 35.5. The number of nitro groups is 1. The molecular formula is C10H5ClN2O5. The Morgan fingerprint density at radius 1 is 1.50 bits per heavy atom. The van der Waals surface area contributed by atoms with Crippen LogP contribution in [0.25, 0.3) is 6.08 Å². The molecule has 92 valence electrons. The summed E-state index contributed by atoms with van der Waals surface area (Å²) in [7, 11) is 0. The number of halogens is 1. The third-order valence-electron chi connectivity index (χ3n) is 1.93. The Balaban J connectivity index is 3.41. The fourth-order valence-corrected chi connectivity index (χ4v) is 1.24. The number of carbonyl (C=O) groups is 1. The highest BCUT2D eigenvalue weighted by Crippen LogP contribution is 2.36. The molecule has 1 aromatic rings. The number of nitrogens with zero attached hydrogens (tertiary/aromatic N) is 2. The molecule has 7 nitrogen and oxygen atoms in total. The van der Waals surface area contributed by atoms with Gasteiger partial charge in [0.1, 0.15) is 11.6 Å². The predicted octanol–water partition coefficient (Wildman–Crippen LogP) is 1.68. The standard InChI is InChI=1S/C10H5ClN2O5/c11-10(16)6(4-12)1-5-2-7(13(17)18)9(15)8(14)3-5/h1-3,14-15H. The molecule has 8 heteroatoms. The molecule has 0 aromatic heterocycles. The maximum atomic E-state index is 10.8. The average molecular weight is 269 g/mol. The van der Waals surface area contributed by atoms with Crippen LogP contribution in [0.5, 0.6) is 11.5 Å². The number of phenolic OH excluding ortho intramolecular Hbond substituents is 2. The zero-order valence-electron chi connectivity index (χ0n) is 8.62. The molecule has 0 bridgehead atoms. The molecule has 0 saturated carbocycles. The number of carbonyl (C=O) groups excluding carboxylic acids is 1. The quantitative estimate of drug-likeness (QED) is 0.214. The lowest BCUT2D eigenvalue weighted by molar-refractivity contribution is -0.386. The van der Waals surface area contributed by atoms with Crippen molar-refractivity contribution in [3.8, 4) is 17.6 Å². The Hall–Kier alpha value is -2.59. The molecule has 0 aliphatic rings. The summed E-state index contributed by atoms with van der Waals surface area (Å²) >= 11 is 5.09. The van der Waals surface area contributed by atoms with Crippen LogP contribution in [0.15, 0.2) is 17.7 Å². The Bertz CT molecular complexity index is 603. The summed E-state index contributed by atoms with van der Waals surface area (Å²) < 4.78 is 0. The van der Waals surface area contributed by atoms with E-state index < -0.39 is 32.9 Å². The molecule has 0 heterocycles. The minimum absolute atomic E-state index is 0.0115. The van der Waals surface area contributed by atoms with Gasteiger partial charge < -0.3 is 10.2 Å². The minimum atomic E-state index is -1.03. The van der Waals surface area contributed by atoms with Crippen molar-refractivity contribution in [1.29, 1.82) is 5.26 Å². The van der Waals surface area contributed by atoms with Gasteiger partial charge in [-0.3, -0.25) is 14.9 Å². The molecule has 0 amide bonds. The summed E-state index contributed by atoms with van der Waals surface area (Å²) in [5.74, 6) is -1.64. The number of aromatic hydroxyl groups is 2. The van der Waals surface area contributed by atoms with Crippen molar-refractivity contribution in [1.82, 2.24) is 0 Å². The van der Waals surface area contributed by atoms with Crippen LogP contribution in [0.3, 0.4) is 0 Å². The second kappa shape index (κ2) is 5.16. The molecule has 1 aromatic carbocycles. The monoisotopic (exact) mass is 268 g/mol. The summed E-state index contributed by atoms with van der Waals surface area (Å²) in [5, 5.41) is 36.6. The first kappa shape index (κ1) is 13.5. The number of hydrogen-bond donors (Lipinski definition) is 2. The highest BCUT2D eigenvalue weighted by molar-refractivity contribution is 6.68. The van der Waals surface area contributed by atoms with Gasteiger partial charge in [0.05, 0.1) is 4.92 Å². The lowest BCUT2D eigenvalue weighted by Crippen LogP contribution is -1.92. The Morgan fingerprint density at radius 2 is 2.11 bits per heavy atom. The largest absolute Gasteiger partial charge is 0.504 e. The van der Waals surface area contributed by atoms with Crippen LogP contribution in [-0.2, 0) is 4.79 Å². The van der Waals surface area contributed by atoms with Crippen LogP contribution < -0.4 is 0 Å². The van der Waals surface area contributed by atoms with Crippen molar-refractivity contribution in [3.63, 3.8) is 0 Å². The SMILES string of the molecule is N#CC(=Cc1cc(O)c(O)c([N+](=O)[O-])c1)C(=O)Cl. The van der Waals surface area contributed by atoms with Crippen molar-refractivity contribution < 1.29 is 19.9 Å². The van der Waals surface area contributed by atoms with Crippen molar-refractivity contribution in [3.05, 3.63) is 33.4 Å². The van der Waals surface area contributed by atoms with Crippen LogP contribution >= 0.6 is 11.6 Å². The number of hydrogen-bond acceptors (Lipinski definition) is 6. The first-order valence-electron chi connectivity index (χ1n) is 4.38. The minimum Gasteiger partial charge on any atom is -0.504 e. The number of benzene rings is 1. The lowest BCUT2D eigenvalue weighted by Gasteiger charge is -2.01. The van der Waals surface area contributed by atoms with Crippen LogP contribution in [-0.4, -0.2) is 20.4 Å². The number of rotatable bonds is 3. The van der Waals surface area contributed by atoms with Crippen molar-refractivity contribution in [2.24, 2.45) is 0 Å². The summed E-state index contributed by atoms with van der Waals surface area (Å²) in [4.78, 5) is 20.4. The van der Waals surface area contributed by atoms with E-state index >= 15 is 0 Å². The molecule has 0 saturated heterocycles. The molecule has 0 radical (unpaired) electrons. The molecule has 0 fully saturated rings. The van der Waals surface area contributed by atoms with Crippen LogP contribution in [0.1, 0.15) is 5.56 Å². The van der Waals surface area contributed by atoms with Gasteiger partial charge in [0.15, 0.2) is 5.75 Å². The summed E-state index contributed by atoms with van der Waals surface area (Å²) in [5.41, 5.74) is -1.21. The Labute approximate surface area is 105 Å². The first-order valence-corrected chi connectivity index (χ1v) is 4.76. The Morgan fingerprint density at radius 3 is 2.56 bits per heavy atom. The molecule has 0 unspecified atom stereocenters. The van der Waals surface area contributed by atoms with E-state index in [0.29, 0.717) is 0 Å². The summed E-state index contributed by atoms with van der Waals surface area (Å²) in [6, 6.07) is 3.35. The van der Waals surface area contributed by atoms with Gasteiger partial charge >= 0.3 is 5.69 Å². The molecule has 1 rings (SSSR count). The maximum absolute atomic E-state index is 10.8. The van der Waals surface area contributed by atoms with E-state index in [1.807, 2.05) is 0 Å². The predicted molar refractivity (Wildman–Crippen MR) is 60.9 cm³/mol. The van der Waals surface area contributed by atoms with Crippen molar-refractivity contribution in [2.45, 2.75) is 0 Å². The Kier molecular flexibility index (Phi) is 3.86. The normalized spacial score (nSPS) is 10.8. The second-order valence-electron chi connectivity index (χ2n) is 3.11. The van der Waals surface area contributed by atoms with E-state index in [2.05, 4.69) is 0 Å². The first-order chi connectivity index (χ1) is 8.36. The van der Waals surface area contributed by atoms with Crippen LogP contribution in [0.2, 0.25) is 0 Å². The third kappa shape index (κ3) is 2.75. The van der Waals surface area contributed by atoms with Crippen molar-refractivity contribution >= 4 is 28.6 Å². The van der Waals surface area contributed by atoms with Gasteiger partial charge in [-0.05, 0) is 29.3 Å². The van der Waals surface area contributed by atoms with Gasteiger partial charge in [0.2, 0.25) is 5.75 Å². The number of phenols is 2. The maximum Gasteiger partial charge on any atom is 0.315 e. The molecular weight excluding hydrogens is 264 g/mol. The highest BCUT2D eigenvalue weighted by Gasteiger charge is 2.18. The molecule has 0 spiro atoms. The lowest BCUT2D eigenvalue weighted by atomic mass is 10.1. The van der Waals surface area contributed by atoms with E-state index in [1.54, 1.807) is 0 Å². The smallest absolute Gasteiger partial charge is 0.315 e. The van der Waals surface area contributed by atoms with Gasteiger partial charge in [-0.15, -0.1) is 0 Å². The molecule has 2 N–H and O–H groups in total. The third-order valence-corrected chi connectivity index (χ3v) is 2.14. The van der Waals surface area contributed by atoms with E-state index in [4.69, 9.17) is 16.9 Å². The van der Waals surface area contributed by atoms with Gasteiger partial charge in [0, 0.05) is 6.07 Å². The van der Waals surface area contributed by atoms with E-state index in [9.17, 15) is 25.1 Å². The topological polar surface area (TPSA) is 124 Å². The van der Waals surface area contributed by atoms with Gasteiger partial charge in [-0.2, -0.15) is 5.26 Å². The second-order valence-corrected chi connectivity index (χ2v) is 3.45. The summed E-state index contributed by atoms with van der Waals surface area (Å²) in [6.07, 6.45) is 0.960. The van der Waals surface area contributed by atoms with Crippen LogP contribution in [0.4, 0.5) is 5.69 Å². The van der Waals surface area contributed by atoms with E-state index in [1.165, 1.54) is 6.07 Å². The average Bonchev–Trinajstić information content (AvgIpc) is 2.29. The van der Waals surface area contributed by atoms with E-state index in [0.717, 1.165) is 18.2 Å². The van der Waals surface area contributed by atoms with Crippen molar-refractivity contribution in [2.75, 3.05) is 0 Å². The number of nitriles is 1. The van der Waals surface area contributed by atoms with Crippen LogP contribution in [0, 0.1) is 21.4 Å². The molecule has 18 heavy (non-hydrogen) atoms. The fraction of sp³-hybridized carbons (Fsp3) is 0.